The number of morpholine rings is 1. The predicted octanol–water partition coefficient (Wildman–Crippen LogP) is 2.70. The first-order chi connectivity index (χ1) is 14.7. The van der Waals surface area contributed by atoms with Gasteiger partial charge in [0.05, 0.1) is 25.3 Å². The first kappa shape index (κ1) is 21.9. The van der Waals surface area contributed by atoms with E-state index >= 15 is 0 Å². The quantitative estimate of drug-likeness (QED) is 0.447. The monoisotopic (exact) mass is 448 g/mol. The number of aliphatic imine (C=N–C) groups is 1. The molecule has 0 bridgehead atoms. The molecule has 6 nitrogen and oxygen atoms in total. The summed E-state index contributed by atoms with van der Waals surface area (Å²) in [5, 5.41) is 18.6. The number of ether oxygens (including phenoxy) is 1. The van der Waals surface area contributed by atoms with Gasteiger partial charge in [-0.25, -0.2) is 0 Å². The molecule has 0 radical (unpaired) electrons. The second-order valence-corrected chi connectivity index (χ2v) is 10.1. The molecule has 164 valence electrons. The number of thiophene rings is 1. The van der Waals surface area contributed by atoms with Crippen molar-refractivity contribution in [1.82, 2.24) is 15.5 Å². The molecule has 8 heteroatoms. The summed E-state index contributed by atoms with van der Waals surface area (Å²) in [5.41, 5.74) is 0.126. The third-order valence-corrected chi connectivity index (χ3v) is 8.33. The minimum atomic E-state index is -0.554. The molecule has 0 aliphatic carbocycles. The molecule has 2 aromatic rings. The number of hydrogen-bond donors (Lipinski definition) is 3. The highest BCUT2D eigenvalue weighted by Crippen LogP contribution is 2.34. The van der Waals surface area contributed by atoms with Crippen LogP contribution >= 0.6 is 23.1 Å². The van der Waals surface area contributed by atoms with Crippen LogP contribution in [0.3, 0.4) is 0 Å². The molecule has 1 aromatic heterocycles. The van der Waals surface area contributed by atoms with Gasteiger partial charge >= 0.3 is 0 Å². The number of nitrogens with one attached hydrogen (secondary N) is 2. The van der Waals surface area contributed by atoms with Gasteiger partial charge in [-0.2, -0.15) is 11.8 Å². The number of guanidine groups is 1. The molecule has 0 saturated carbocycles. The van der Waals surface area contributed by atoms with Gasteiger partial charge in [-0.3, -0.25) is 9.89 Å². The molecule has 2 fully saturated rings. The summed E-state index contributed by atoms with van der Waals surface area (Å²) in [7, 11) is 0. The van der Waals surface area contributed by atoms with E-state index in [9.17, 15) is 5.11 Å². The standard InChI is InChI=1S/C22H32N4O2S2/c1-2-23-21(24-14-18(27)20-13-17-5-3-4-6-19(17)30-20)25-15-22(7-12-29-16-22)26-8-10-28-11-9-26/h3-6,13,18,27H,2,7-12,14-16H2,1H3,(H2,23,24,25). The van der Waals surface area contributed by atoms with Gasteiger partial charge in [0.25, 0.3) is 0 Å². The molecule has 1 aromatic carbocycles. The average Bonchev–Trinajstić information content (AvgIpc) is 3.44. The third kappa shape index (κ3) is 5.11. The zero-order chi connectivity index (χ0) is 20.8. The fraction of sp³-hybridized carbons (Fsp3) is 0.591. The molecule has 3 N–H and O–H groups in total. The number of hydrogen-bond acceptors (Lipinski definition) is 6. The Labute approximate surface area is 187 Å². The number of thioether (sulfide) groups is 1. The second-order valence-electron chi connectivity index (χ2n) is 7.90. The maximum absolute atomic E-state index is 10.7. The topological polar surface area (TPSA) is 69.1 Å². The van der Waals surface area contributed by atoms with Crippen molar-refractivity contribution in [3.63, 3.8) is 0 Å². The van der Waals surface area contributed by atoms with Gasteiger partial charge in [0, 0.05) is 41.5 Å². The Morgan fingerprint density at radius 1 is 1.30 bits per heavy atom. The Bertz CT molecular complexity index is 812. The van der Waals surface area contributed by atoms with Crippen molar-refractivity contribution in [2.24, 2.45) is 4.99 Å². The molecule has 30 heavy (non-hydrogen) atoms. The zero-order valence-corrected chi connectivity index (χ0v) is 19.2. The number of aliphatic hydroxyl groups is 1. The van der Waals surface area contributed by atoms with E-state index in [1.54, 1.807) is 11.3 Å². The van der Waals surface area contributed by atoms with Crippen molar-refractivity contribution in [3.05, 3.63) is 35.2 Å². The third-order valence-electron chi connectivity index (χ3n) is 5.88. The van der Waals surface area contributed by atoms with Crippen molar-refractivity contribution < 1.29 is 9.84 Å². The molecule has 4 rings (SSSR count). The number of aliphatic hydroxyl groups excluding tert-OH is 1. The van der Waals surface area contributed by atoms with Gasteiger partial charge in [-0.05, 0) is 36.6 Å². The van der Waals surface area contributed by atoms with Gasteiger partial charge in [0.15, 0.2) is 5.96 Å². The van der Waals surface area contributed by atoms with Crippen LogP contribution in [0.2, 0.25) is 0 Å². The maximum atomic E-state index is 10.7. The fourth-order valence-electron chi connectivity index (χ4n) is 4.14. The van der Waals surface area contributed by atoms with Gasteiger partial charge in [0.2, 0.25) is 0 Å². The van der Waals surface area contributed by atoms with Crippen LogP contribution in [-0.4, -0.2) is 78.9 Å². The van der Waals surface area contributed by atoms with E-state index in [2.05, 4.69) is 40.7 Å². The smallest absolute Gasteiger partial charge is 0.191 e. The average molecular weight is 449 g/mol. The number of rotatable bonds is 7. The van der Waals surface area contributed by atoms with Crippen LogP contribution in [-0.2, 0) is 4.74 Å². The molecule has 2 atom stereocenters. The maximum Gasteiger partial charge on any atom is 0.191 e. The Hall–Kier alpha value is -1.32. The molecule has 2 aliphatic rings. The van der Waals surface area contributed by atoms with E-state index in [-0.39, 0.29) is 5.54 Å². The van der Waals surface area contributed by atoms with Gasteiger partial charge in [0.1, 0.15) is 6.10 Å². The largest absolute Gasteiger partial charge is 0.386 e. The summed E-state index contributed by atoms with van der Waals surface area (Å²) in [5.74, 6) is 3.10. The van der Waals surface area contributed by atoms with Crippen molar-refractivity contribution in [2.75, 3.05) is 57.4 Å². The van der Waals surface area contributed by atoms with Crippen LogP contribution in [0.5, 0.6) is 0 Å². The summed E-state index contributed by atoms with van der Waals surface area (Å²) in [4.78, 5) is 8.50. The molecule has 0 amide bonds. The van der Waals surface area contributed by atoms with Crippen molar-refractivity contribution in [1.29, 1.82) is 0 Å². The van der Waals surface area contributed by atoms with E-state index in [4.69, 9.17) is 9.73 Å². The van der Waals surface area contributed by atoms with Crippen LogP contribution in [0.4, 0.5) is 0 Å². The zero-order valence-electron chi connectivity index (χ0n) is 17.6. The first-order valence-corrected chi connectivity index (χ1v) is 12.8. The highest BCUT2D eigenvalue weighted by molar-refractivity contribution is 7.99. The lowest BCUT2D eigenvalue weighted by molar-refractivity contribution is -0.0104. The summed E-state index contributed by atoms with van der Waals surface area (Å²) < 4.78 is 6.77. The lowest BCUT2D eigenvalue weighted by atomic mass is 9.96. The SMILES string of the molecule is CCNC(=NCC1(N2CCOCC2)CCSC1)NCC(O)c1cc2ccccc2s1. The first-order valence-electron chi connectivity index (χ1n) is 10.8. The van der Waals surface area contributed by atoms with Crippen LogP contribution < -0.4 is 10.6 Å². The minimum absolute atomic E-state index is 0.126. The van der Waals surface area contributed by atoms with Crippen molar-refractivity contribution >= 4 is 39.1 Å². The van der Waals surface area contributed by atoms with Crippen LogP contribution in [0.1, 0.15) is 24.3 Å². The molecule has 2 aliphatic heterocycles. The molecule has 2 saturated heterocycles. The number of fused-ring (bicyclic) bond motifs is 1. The van der Waals surface area contributed by atoms with Gasteiger partial charge in [-0.1, -0.05) is 18.2 Å². The highest BCUT2D eigenvalue weighted by atomic mass is 32.2. The highest BCUT2D eigenvalue weighted by Gasteiger charge is 2.40. The Morgan fingerprint density at radius 2 is 2.13 bits per heavy atom. The molecule has 0 spiro atoms. The van der Waals surface area contributed by atoms with Crippen molar-refractivity contribution in [2.45, 2.75) is 25.0 Å². The summed E-state index contributed by atoms with van der Waals surface area (Å²) >= 11 is 3.68. The van der Waals surface area contributed by atoms with Crippen LogP contribution in [0.15, 0.2) is 35.3 Å². The normalized spacial score (nSPS) is 24.3. The minimum Gasteiger partial charge on any atom is -0.386 e. The lowest BCUT2D eigenvalue weighted by Crippen LogP contribution is -2.56. The number of benzene rings is 1. The predicted molar refractivity (Wildman–Crippen MR) is 128 cm³/mol. The Kier molecular flexibility index (Phi) is 7.54. The van der Waals surface area contributed by atoms with Gasteiger partial charge < -0.3 is 20.5 Å². The lowest BCUT2D eigenvalue weighted by Gasteiger charge is -2.42. The van der Waals surface area contributed by atoms with Gasteiger partial charge in [-0.15, -0.1) is 11.3 Å². The summed E-state index contributed by atoms with van der Waals surface area (Å²) in [6.45, 7) is 7.69. The number of nitrogens with zero attached hydrogens (tertiary/aromatic N) is 2. The van der Waals surface area contributed by atoms with E-state index in [1.165, 1.54) is 22.3 Å². The van der Waals surface area contributed by atoms with E-state index in [0.717, 1.165) is 56.0 Å². The van der Waals surface area contributed by atoms with E-state index in [1.807, 2.05) is 23.9 Å². The second kappa shape index (κ2) is 10.3. The summed E-state index contributed by atoms with van der Waals surface area (Å²) in [6, 6.07) is 10.3. The molecule has 2 unspecified atom stereocenters. The Balaban J connectivity index is 1.40. The Morgan fingerprint density at radius 3 is 2.87 bits per heavy atom. The fourth-order valence-corrected chi connectivity index (χ4v) is 6.65. The molecular weight excluding hydrogens is 416 g/mol. The van der Waals surface area contributed by atoms with Crippen LogP contribution in [0, 0.1) is 0 Å². The molecular formula is C22H32N4O2S2. The van der Waals surface area contributed by atoms with E-state index in [0.29, 0.717) is 6.54 Å². The van der Waals surface area contributed by atoms with E-state index < -0.39 is 6.10 Å². The molecule has 3 heterocycles. The summed E-state index contributed by atoms with van der Waals surface area (Å²) in [6.07, 6.45) is 0.617. The van der Waals surface area contributed by atoms with Crippen LogP contribution in [0.25, 0.3) is 10.1 Å². The van der Waals surface area contributed by atoms with Crippen molar-refractivity contribution in [3.8, 4) is 0 Å².